The molecule has 24 heavy (non-hydrogen) atoms. The van der Waals surface area contributed by atoms with Crippen LogP contribution in [0.1, 0.15) is 16.1 Å². The number of hydrazine groups is 1. The van der Waals surface area contributed by atoms with E-state index < -0.39 is 0 Å². The summed E-state index contributed by atoms with van der Waals surface area (Å²) < 4.78 is 0. The second-order valence-corrected chi connectivity index (χ2v) is 6.42. The monoisotopic (exact) mass is 339 g/mol. The number of aromatic nitrogens is 1. The summed E-state index contributed by atoms with van der Waals surface area (Å²) in [5.74, 6) is -0.402. The van der Waals surface area contributed by atoms with Crippen LogP contribution in [0.15, 0.2) is 59.5 Å². The Morgan fingerprint density at radius 2 is 1.79 bits per heavy atom. The molecule has 2 aromatic carbocycles. The van der Waals surface area contributed by atoms with E-state index >= 15 is 0 Å². The molecule has 0 spiro atoms. The average molecular weight is 339 g/mol. The first kappa shape index (κ1) is 16.1. The van der Waals surface area contributed by atoms with Crippen molar-refractivity contribution in [1.82, 2.24) is 15.8 Å². The molecule has 5 nitrogen and oxygen atoms in total. The number of nitrogens with one attached hydrogen (secondary N) is 3. The number of aromatic amines is 1. The van der Waals surface area contributed by atoms with Crippen molar-refractivity contribution in [3.8, 4) is 0 Å². The number of aryl methyl sites for hydroxylation is 1. The molecule has 6 heteroatoms. The van der Waals surface area contributed by atoms with Crippen molar-refractivity contribution in [2.45, 2.75) is 11.8 Å². The lowest BCUT2D eigenvalue weighted by molar-refractivity contribution is -0.119. The predicted octanol–water partition coefficient (Wildman–Crippen LogP) is 3.03. The van der Waals surface area contributed by atoms with E-state index in [4.69, 9.17) is 0 Å². The van der Waals surface area contributed by atoms with Crippen molar-refractivity contribution >= 4 is 34.5 Å². The number of para-hydroxylation sites is 1. The van der Waals surface area contributed by atoms with Crippen LogP contribution in [-0.4, -0.2) is 22.6 Å². The molecule has 0 aliphatic heterocycles. The Labute approximate surface area is 143 Å². The zero-order valence-corrected chi connectivity index (χ0v) is 13.9. The summed E-state index contributed by atoms with van der Waals surface area (Å²) >= 11 is 1.42. The fourth-order valence-electron chi connectivity index (χ4n) is 2.21. The number of fused-ring (bicyclic) bond motifs is 1. The summed E-state index contributed by atoms with van der Waals surface area (Å²) in [5.41, 5.74) is 7.31. The highest BCUT2D eigenvalue weighted by atomic mass is 32.2. The molecule has 3 rings (SSSR count). The predicted molar refractivity (Wildman–Crippen MR) is 95.8 cm³/mol. The minimum atomic E-state index is -0.375. The fourth-order valence-corrected chi connectivity index (χ4v) is 2.91. The molecule has 0 aliphatic rings. The minimum absolute atomic E-state index is 0.232. The second-order valence-electron chi connectivity index (χ2n) is 5.37. The molecule has 0 unspecified atom stereocenters. The maximum absolute atomic E-state index is 12.1. The van der Waals surface area contributed by atoms with Gasteiger partial charge in [0.05, 0.1) is 5.75 Å². The third-order valence-corrected chi connectivity index (χ3v) is 4.49. The standard InChI is InChI=1S/C18H17N3O2S/c1-12-6-8-14(9-7-12)24-11-17(22)20-21-18(23)16-10-13-4-2-3-5-15(13)19-16/h2-10,19H,11H2,1H3,(H,20,22)(H,21,23). The van der Waals surface area contributed by atoms with Gasteiger partial charge in [0.2, 0.25) is 5.91 Å². The van der Waals surface area contributed by atoms with Gasteiger partial charge in [-0.25, -0.2) is 0 Å². The number of amides is 2. The van der Waals surface area contributed by atoms with E-state index in [9.17, 15) is 9.59 Å². The Morgan fingerprint density at radius 1 is 1.04 bits per heavy atom. The molecular weight excluding hydrogens is 322 g/mol. The Kier molecular flexibility index (Phi) is 4.86. The van der Waals surface area contributed by atoms with Crippen LogP contribution < -0.4 is 10.9 Å². The smallest absolute Gasteiger partial charge is 0.286 e. The van der Waals surface area contributed by atoms with Gasteiger partial charge in [-0.3, -0.25) is 20.4 Å². The normalized spacial score (nSPS) is 10.5. The average Bonchev–Trinajstić information content (AvgIpc) is 3.03. The minimum Gasteiger partial charge on any atom is -0.350 e. The molecule has 0 saturated carbocycles. The van der Waals surface area contributed by atoms with Crippen LogP contribution >= 0.6 is 11.8 Å². The summed E-state index contributed by atoms with van der Waals surface area (Å²) in [6.07, 6.45) is 0. The SMILES string of the molecule is Cc1ccc(SCC(=O)NNC(=O)c2cc3ccccc3[nH]2)cc1. The summed E-state index contributed by atoms with van der Waals surface area (Å²) in [6, 6.07) is 17.3. The van der Waals surface area contributed by atoms with Crippen molar-refractivity contribution in [3.63, 3.8) is 0 Å². The van der Waals surface area contributed by atoms with Crippen molar-refractivity contribution in [1.29, 1.82) is 0 Å². The molecular formula is C18H17N3O2S. The number of rotatable bonds is 4. The number of carbonyl (C=O) groups is 2. The van der Waals surface area contributed by atoms with Gasteiger partial charge in [0.25, 0.3) is 5.91 Å². The molecule has 1 aromatic heterocycles. The molecule has 0 aliphatic carbocycles. The van der Waals surface area contributed by atoms with E-state index in [1.165, 1.54) is 17.3 Å². The Morgan fingerprint density at radius 3 is 2.54 bits per heavy atom. The van der Waals surface area contributed by atoms with Crippen molar-refractivity contribution < 1.29 is 9.59 Å². The van der Waals surface area contributed by atoms with Crippen LogP contribution in [0.3, 0.4) is 0 Å². The quantitative estimate of drug-likeness (QED) is 0.505. The largest absolute Gasteiger partial charge is 0.350 e. The molecule has 3 N–H and O–H groups in total. The summed E-state index contributed by atoms with van der Waals surface area (Å²) in [6.45, 7) is 2.01. The van der Waals surface area contributed by atoms with Gasteiger partial charge in [-0.15, -0.1) is 11.8 Å². The van der Waals surface area contributed by atoms with Crippen LogP contribution in [0.2, 0.25) is 0 Å². The van der Waals surface area contributed by atoms with E-state index in [0.29, 0.717) is 5.69 Å². The van der Waals surface area contributed by atoms with E-state index in [-0.39, 0.29) is 17.6 Å². The van der Waals surface area contributed by atoms with Crippen LogP contribution in [0.4, 0.5) is 0 Å². The number of benzene rings is 2. The van der Waals surface area contributed by atoms with Gasteiger partial charge in [-0.05, 0) is 31.2 Å². The zero-order valence-electron chi connectivity index (χ0n) is 13.1. The topological polar surface area (TPSA) is 74.0 Å². The summed E-state index contributed by atoms with van der Waals surface area (Å²) in [7, 11) is 0. The van der Waals surface area contributed by atoms with Crippen molar-refractivity contribution in [2.75, 3.05) is 5.75 Å². The molecule has 2 amide bonds. The maximum Gasteiger partial charge on any atom is 0.286 e. The third-order valence-electron chi connectivity index (χ3n) is 3.48. The first-order valence-electron chi connectivity index (χ1n) is 7.48. The lowest BCUT2D eigenvalue weighted by atomic mass is 10.2. The second kappa shape index (κ2) is 7.23. The zero-order chi connectivity index (χ0) is 16.9. The summed E-state index contributed by atoms with van der Waals surface area (Å²) in [4.78, 5) is 27.9. The van der Waals surface area contributed by atoms with Gasteiger partial charge in [0, 0.05) is 15.8 Å². The summed E-state index contributed by atoms with van der Waals surface area (Å²) in [5, 5.41) is 0.948. The van der Waals surface area contributed by atoms with Gasteiger partial charge < -0.3 is 4.98 Å². The highest BCUT2D eigenvalue weighted by Crippen LogP contribution is 2.17. The van der Waals surface area contributed by atoms with Crippen LogP contribution in [0.25, 0.3) is 10.9 Å². The Balaban J connectivity index is 1.50. The van der Waals surface area contributed by atoms with Crippen LogP contribution in [0.5, 0.6) is 0 Å². The lowest BCUT2D eigenvalue weighted by Crippen LogP contribution is -2.42. The first-order chi connectivity index (χ1) is 11.6. The molecule has 0 atom stereocenters. The third kappa shape index (κ3) is 3.97. The number of hydrogen-bond donors (Lipinski definition) is 3. The Hall–Kier alpha value is -2.73. The van der Waals surface area contributed by atoms with E-state index in [1.807, 2.05) is 55.5 Å². The van der Waals surface area contributed by atoms with Gasteiger partial charge in [0.1, 0.15) is 5.69 Å². The maximum atomic E-state index is 12.1. The van der Waals surface area contributed by atoms with Crippen LogP contribution in [0, 0.1) is 6.92 Å². The molecule has 0 bridgehead atoms. The molecule has 1 heterocycles. The molecule has 0 saturated heterocycles. The van der Waals surface area contributed by atoms with Crippen molar-refractivity contribution in [3.05, 3.63) is 65.9 Å². The van der Waals surface area contributed by atoms with Gasteiger partial charge in [-0.2, -0.15) is 0 Å². The molecule has 3 aromatic rings. The first-order valence-corrected chi connectivity index (χ1v) is 8.47. The number of hydrogen-bond acceptors (Lipinski definition) is 3. The fraction of sp³-hybridized carbons (Fsp3) is 0.111. The molecule has 0 fully saturated rings. The van der Waals surface area contributed by atoms with Gasteiger partial charge in [-0.1, -0.05) is 35.9 Å². The van der Waals surface area contributed by atoms with Crippen molar-refractivity contribution in [2.24, 2.45) is 0 Å². The molecule has 0 radical (unpaired) electrons. The number of carbonyl (C=O) groups excluding carboxylic acids is 2. The van der Waals surface area contributed by atoms with Gasteiger partial charge >= 0.3 is 0 Å². The van der Waals surface area contributed by atoms with Crippen LogP contribution in [-0.2, 0) is 4.79 Å². The van der Waals surface area contributed by atoms with E-state index in [2.05, 4.69) is 15.8 Å². The highest BCUT2D eigenvalue weighted by Gasteiger charge is 2.10. The Bertz CT molecular complexity index is 838. The number of H-pyrrole nitrogens is 1. The highest BCUT2D eigenvalue weighted by molar-refractivity contribution is 8.00. The van der Waals surface area contributed by atoms with Gasteiger partial charge in [0.15, 0.2) is 0 Å². The number of thioether (sulfide) groups is 1. The van der Waals surface area contributed by atoms with E-state index in [0.717, 1.165) is 15.8 Å². The lowest BCUT2D eigenvalue weighted by Gasteiger charge is -2.06. The molecule has 122 valence electrons. The van der Waals surface area contributed by atoms with E-state index in [1.54, 1.807) is 6.07 Å².